The first kappa shape index (κ1) is 18.8. The van der Waals surface area contributed by atoms with E-state index in [9.17, 15) is 17.6 Å². The first-order valence-electron chi connectivity index (χ1n) is 8.28. The normalized spacial score (nSPS) is 15.8. The van der Waals surface area contributed by atoms with Gasteiger partial charge in [0, 0.05) is 37.6 Å². The Labute approximate surface area is 156 Å². The zero-order valence-corrected chi connectivity index (χ0v) is 15.7. The van der Waals surface area contributed by atoms with Crippen molar-refractivity contribution in [3.63, 3.8) is 0 Å². The summed E-state index contributed by atoms with van der Waals surface area (Å²) >= 11 is 1.64. The molecule has 0 radical (unpaired) electrons. The molecule has 2 amide bonds. The van der Waals surface area contributed by atoms with E-state index in [1.165, 1.54) is 27.4 Å². The van der Waals surface area contributed by atoms with Crippen molar-refractivity contribution in [2.24, 2.45) is 0 Å². The van der Waals surface area contributed by atoms with Crippen molar-refractivity contribution in [2.45, 2.75) is 11.3 Å². The molecule has 2 heterocycles. The third kappa shape index (κ3) is 4.22. The molecular formula is C17H20FN3O3S2. The molecule has 0 bridgehead atoms. The number of nitrogens with zero attached hydrogens (tertiary/aromatic N) is 2. The Hall–Kier alpha value is -1.97. The van der Waals surface area contributed by atoms with Crippen molar-refractivity contribution in [1.82, 2.24) is 14.5 Å². The Bertz CT molecular complexity index is 848. The van der Waals surface area contributed by atoms with Gasteiger partial charge in [0.05, 0.1) is 0 Å². The fraction of sp³-hybridized carbons (Fsp3) is 0.353. The first-order chi connectivity index (χ1) is 12.5. The topological polar surface area (TPSA) is 69.7 Å². The summed E-state index contributed by atoms with van der Waals surface area (Å²) in [5, 5.41) is 4.84. The number of sulfonamides is 1. The maximum Gasteiger partial charge on any atom is 0.317 e. The van der Waals surface area contributed by atoms with Crippen LogP contribution in [0.15, 0.2) is 46.7 Å². The average Bonchev–Trinajstić information content (AvgIpc) is 3.15. The van der Waals surface area contributed by atoms with E-state index in [1.807, 2.05) is 17.5 Å². The monoisotopic (exact) mass is 397 g/mol. The number of halogens is 1. The van der Waals surface area contributed by atoms with Crippen LogP contribution in [0.2, 0.25) is 0 Å². The van der Waals surface area contributed by atoms with Crippen molar-refractivity contribution in [3.05, 3.63) is 52.5 Å². The summed E-state index contributed by atoms with van der Waals surface area (Å²) in [6.07, 6.45) is 0.769. The third-order valence-electron chi connectivity index (χ3n) is 4.21. The number of hydrogen-bond acceptors (Lipinski definition) is 4. The molecule has 0 saturated carbocycles. The third-order valence-corrected chi connectivity index (χ3v) is 7.08. The molecule has 6 nitrogen and oxygen atoms in total. The van der Waals surface area contributed by atoms with Crippen LogP contribution in [-0.2, 0) is 16.4 Å². The number of carbonyl (C=O) groups is 1. The van der Waals surface area contributed by atoms with Gasteiger partial charge in [0.25, 0.3) is 0 Å². The van der Waals surface area contributed by atoms with Gasteiger partial charge in [-0.05, 0) is 30.0 Å². The lowest BCUT2D eigenvalue weighted by molar-refractivity contribution is 0.172. The Morgan fingerprint density at radius 2 is 1.85 bits per heavy atom. The predicted molar refractivity (Wildman–Crippen MR) is 98.2 cm³/mol. The number of thiophene rings is 1. The van der Waals surface area contributed by atoms with E-state index >= 15 is 0 Å². The Balaban J connectivity index is 1.52. The molecule has 1 fully saturated rings. The number of rotatable bonds is 5. The van der Waals surface area contributed by atoms with E-state index in [2.05, 4.69) is 5.32 Å². The van der Waals surface area contributed by atoms with Gasteiger partial charge in [0.2, 0.25) is 10.0 Å². The summed E-state index contributed by atoms with van der Waals surface area (Å²) in [5.74, 6) is -0.763. The van der Waals surface area contributed by atoms with Gasteiger partial charge in [-0.15, -0.1) is 11.3 Å². The molecule has 1 aromatic heterocycles. The van der Waals surface area contributed by atoms with Crippen molar-refractivity contribution in [1.29, 1.82) is 0 Å². The summed E-state index contributed by atoms with van der Waals surface area (Å²) in [7, 11) is -3.89. The average molecular weight is 397 g/mol. The highest BCUT2D eigenvalue weighted by atomic mass is 32.2. The van der Waals surface area contributed by atoms with Crippen LogP contribution in [0.1, 0.15) is 4.88 Å². The summed E-state index contributed by atoms with van der Waals surface area (Å²) in [4.78, 5) is 14.7. The highest BCUT2D eigenvalue weighted by Gasteiger charge is 2.31. The second-order valence-electron chi connectivity index (χ2n) is 5.88. The van der Waals surface area contributed by atoms with Crippen LogP contribution in [0.3, 0.4) is 0 Å². The molecule has 1 saturated heterocycles. The molecule has 0 spiro atoms. The summed E-state index contributed by atoms with van der Waals surface area (Å²) in [5.41, 5.74) is 0. The number of benzene rings is 1. The molecule has 2 aromatic rings. The Morgan fingerprint density at radius 3 is 2.50 bits per heavy atom. The van der Waals surface area contributed by atoms with Crippen LogP contribution < -0.4 is 5.32 Å². The quantitative estimate of drug-likeness (QED) is 0.841. The van der Waals surface area contributed by atoms with Gasteiger partial charge in [-0.3, -0.25) is 0 Å². The van der Waals surface area contributed by atoms with Gasteiger partial charge in [-0.25, -0.2) is 17.6 Å². The predicted octanol–water partition coefficient (Wildman–Crippen LogP) is 2.15. The van der Waals surface area contributed by atoms with E-state index in [4.69, 9.17) is 0 Å². The van der Waals surface area contributed by atoms with Crippen molar-refractivity contribution in [3.8, 4) is 0 Å². The van der Waals surface area contributed by atoms with Gasteiger partial charge in [-0.2, -0.15) is 4.31 Å². The van der Waals surface area contributed by atoms with Crippen LogP contribution in [0.5, 0.6) is 0 Å². The van der Waals surface area contributed by atoms with Gasteiger partial charge in [0.1, 0.15) is 10.7 Å². The fourth-order valence-corrected chi connectivity index (χ4v) is 4.98. The molecule has 1 aliphatic rings. The molecule has 0 unspecified atom stereocenters. The minimum Gasteiger partial charge on any atom is -0.338 e. The minimum atomic E-state index is -3.89. The number of carbonyl (C=O) groups excluding carboxylic acids is 1. The molecular weight excluding hydrogens is 377 g/mol. The lowest BCUT2D eigenvalue weighted by Crippen LogP contribution is -2.53. The van der Waals surface area contributed by atoms with E-state index < -0.39 is 15.8 Å². The highest BCUT2D eigenvalue weighted by molar-refractivity contribution is 7.89. The maximum absolute atomic E-state index is 13.8. The molecule has 1 N–H and O–H groups in total. The number of piperazine rings is 1. The second kappa shape index (κ2) is 8.15. The van der Waals surface area contributed by atoms with Crippen molar-refractivity contribution in [2.75, 3.05) is 32.7 Å². The highest BCUT2D eigenvalue weighted by Crippen LogP contribution is 2.20. The van der Waals surface area contributed by atoms with Gasteiger partial charge in [-0.1, -0.05) is 18.2 Å². The smallest absolute Gasteiger partial charge is 0.317 e. The van der Waals surface area contributed by atoms with Crippen LogP contribution >= 0.6 is 11.3 Å². The Kier molecular flexibility index (Phi) is 5.90. The first-order valence-corrected chi connectivity index (χ1v) is 10.6. The number of hydrogen-bond donors (Lipinski definition) is 1. The van der Waals surface area contributed by atoms with Gasteiger partial charge < -0.3 is 10.2 Å². The number of amides is 2. The van der Waals surface area contributed by atoms with Crippen LogP contribution in [0, 0.1) is 5.82 Å². The summed E-state index contributed by atoms with van der Waals surface area (Å²) in [6.45, 7) is 1.38. The molecule has 1 aromatic carbocycles. The molecule has 1 aliphatic heterocycles. The molecule has 140 valence electrons. The molecule has 26 heavy (non-hydrogen) atoms. The van der Waals surface area contributed by atoms with Crippen molar-refractivity contribution >= 4 is 27.4 Å². The van der Waals surface area contributed by atoms with Crippen LogP contribution in [-0.4, -0.2) is 56.4 Å². The van der Waals surface area contributed by atoms with Gasteiger partial charge in [0.15, 0.2) is 0 Å². The maximum atomic E-state index is 13.8. The zero-order valence-electron chi connectivity index (χ0n) is 14.1. The van der Waals surface area contributed by atoms with E-state index in [-0.39, 0.29) is 37.1 Å². The summed E-state index contributed by atoms with van der Waals surface area (Å²) in [6, 6.07) is 9.11. The van der Waals surface area contributed by atoms with Crippen molar-refractivity contribution < 1.29 is 17.6 Å². The standard InChI is InChI=1S/C17H20FN3O3S2/c18-15-5-1-2-6-16(15)26(23,24)21-11-9-20(10-12-21)17(22)19-8-7-14-4-3-13-25-14/h1-6,13H,7-12H2,(H,19,22). The van der Waals surface area contributed by atoms with E-state index in [0.29, 0.717) is 6.54 Å². The largest absolute Gasteiger partial charge is 0.338 e. The lowest BCUT2D eigenvalue weighted by Gasteiger charge is -2.34. The second-order valence-corrected chi connectivity index (χ2v) is 8.82. The number of urea groups is 1. The lowest BCUT2D eigenvalue weighted by atomic mass is 10.3. The van der Waals surface area contributed by atoms with Crippen LogP contribution in [0.4, 0.5) is 9.18 Å². The summed E-state index contributed by atoms with van der Waals surface area (Å²) < 4.78 is 40.2. The Morgan fingerprint density at radius 1 is 1.12 bits per heavy atom. The molecule has 3 rings (SSSR count). The number of nitrogens with one attached hydrogen (secondary N) is 1. The van der Waals surface area contributed by atoms with E-state index in [0.717, 1.165) is 12.5 Å². The molecule has 9 heteroatoms. The minimum absolute atomic E-state index is 0.148. The molecule has 0 atom stereocenters. The SMILES string of the molecule is O=C(NCCc1cccs1)N1CCN(S(=O)(=O)c2ccccc2F)CC1. The van der Waals surface area contributed by atoms with E-state index in [1.54, 1.807) is 16.2 Å². The zero-order chi connectivity index (χ0) is 18.6. The van der Waals surface area contributed by atoms with Gasteiger partial charge >= 0.3 is 6.03 Å². The molecule has 0 aliphatic carbocycles. The fourth-order valence-electron chi connectivity index (χ4n) is 2.78. The van der Waals surface area contributed by atoms with Crippen LogP contribution in [0.25, 0.3) is 0 Å².